The quantitative estimate of drug-likeness (QED) is 0.712. The Bertz CT molecular complexity index is 640. The van der Waals surface area contributed by atoms with E-state index in [1.807, 2.05) is 89.2 Å². The summed E-state index contributed by atoms with van der Waals surface area (Å²) in [4.78, 5) is 22.9. The van der Waals surface area contributed by atoms with E-state index in [0.717, 1.165) is 16.7 Å². The van der Waals surface area contributed by atoms with Crippen LogP contribution in [0.2, 0.25) is 0 Å². The third-order valence-corrected chi connectivity index (χ3v) is 3.52. The predicted molar refractivity (Wildman–Crippen MR) is 96.0 cm³/mol. The molecule has 0 aliphatic carbocycles. The standard InChI is InChI=1S/C11H14O.C10H12O/c1-8(2)11(12)10-7-5-4-6-9(10)3;1-8(2)10(11)9-6-4-3-5-7-9/h4-8H,1-3H3;3-8H,1-2H3. The van der Waals surface area contributed by atoms with Gasteiger partial charge >= 0.3 is 0 Å². The number of benzene rings is 2. The summed E-state index contributed by atoms with van der Waals surface area (Å²) in [6.45, 7) is 9.64. The molecule has 0 spiro atoms. The maximum atomic E-state index is 11.6. The van der Waals surface area contributed by atoms with Gasteiger partial charge in [0.25, 0.3) is 0 Å². The van der Waals surface area contributed by atoms with Crippen molar-refractivity contribution < 1.29 is 9.59 Å². The zero-order chi connectivity index (χ0) is 17.4. The maximum absolute atomic E-state index is 11.6. The number of aryl methyl sites for hydroxylation is 1. The van der Waals surface area contributed by atoms with Crippen LogP contribution in [-0.4, -0.2) is 11.6 Å². The molecule has 23 heavy (non-hydrogen) atoms. The van der Waals surface area contributed by atoms with Crippen molar-refractivity contribution >= 4 is 11.6 Å². The van der Waals surface area contributed by atoms with Crippen molar-refractivity contribution in [3.63, 3.8) is 0 Å². The predicted octanol–water partition coefficient (Wildman–Crippen LogP) is 5.36. The minimum absolute atomic E-state index is 0.0890. The first kappa shape index (κ1) is 18.8. The third kappa shape index (κ3) is 5.82. The highest BCUT2D eigenvalue weighted by Crippen LogP contribution is 2.12. The zero-order valence-corrected chi connectivity index (χ0v) is 14.7. The molecule has 0 saturated heterocycles. The lowest BCUT2D eigenvalue weighted by atomic mass is 9.97. The molecule has 0 atom stereocenters. The highest BCUT2D eigenvalue weighted by Gasteiger charge is 2.11. The smallest absolute Gasteiger partial charge is 0.165 e. The van der Waals surface area contributed by atoms with E-state index in [1.54, 1.807) is 0 Å². The first-order valence-corrected chi connectivity index (χ1v) is 8.03. The number of carbonyl (C=O) groups excluding carboxylic acids is 2. The van der Waals surface area contributed by atoms with Gasteiger partial charge in [-0.25, -0.2) is 0 Å². The van der Waals surface area contributed by atoms with Crippen LogP contribution >= 0.6 is 0 Å². The van der Waals surface area contributed by atoms with Crippen LogP contribution in [0.25, 0.3) is 0 Å². The van der Waals surface area contributed by atoms with Crippen LogP contribution in [0.15, 0.2) is 54.6 Å². The van der Waals surface area contributed by atoms with Crippen molar-refractivity contribution in [2.75, 3.05) is 0 Å². The van der Waals surface area contributed by atoms with Gasteiger partial charge in [0.2, 0.25) is 0 Å². The monoisotopic (exact) mass is 310 g/mol. The molecule has 0 saturated carbocycles. The van der Waals surface area contributed by atoms with Gasteiger partial charge < -0.3 is 0 Å². The highest BCUT2D eigenvalue weighted by molar-refractivity contribution is 5.98. The van der Waals surface area contributed by atoms with Gasteiger partial charge in [0, 0.05) is 23.0 Å². The Hall–Kier alpha value is -2.22. The van der Waals surface area contributed by atoms with E-state index in [4.69, 9.17) is 0 Å². The molecule has 2 rings (SSSR count). The van der Waals surface area contributed by atoms with E-state index in [1.165, 1.54) is 0 Å². The van der Waals surface area contributed by atoms with Gasteiger partial charge in [-0.1, -0.05) is 82.3 Å². The highest BCUT2D eigenvalue weighted by atomic mass is 16.1. The fourth-order valence-electron chi connectivity index (χ4n) is 2.10. The second-order valence-corrected chi connectivity index (χ2v) is 6.22. The van der Waals surface area contributed by atoms with Crippen molar-refractivity contribution in [3.05, 3.63) is 71.3 Å². The number of Topliss-reactive ketones (excluding diaryl/α,β-unsaturated/α-hetero) is 2. The number of ketones is 2. The minimum atomic E-state index is 0.0890. The van der Waals surface area contributed by atoms with Crippen LogP contribution in [0.5, 0.6) is 0 Å². The van der Waals surface area contributed by atoms with E-state index in [-0.39, 0.29) is 23.4 Å². The van der Waals surface area contributed by atoms with Crippen LogP contribution in [-0.2, 0) is 0 Å². The Morgan fingerprint density at radius 2 is 1.17 bits per heavy atom. The molecular formula is C21H26O2. The lowest BCUT2D eigenvalue weighted by Crippen LogP contribution is -2.08. The molecule has 0 bridgehead atoms. The summed E-state index contributed by atoms with van der Waals surface area (Å²) < 4.78 is 0. The van der Waals surface area contributed by atoms with Gasteiger partial charge in [-0.05, 0) is 12.5 Å². The second-order valence-electron chi connectivity index (χ2n) is 6.22. The van der Waals surface area contributed by atoms with Gasteiger partial charge in [0.15, 0.2) is 11.6 Å². The Labute approximate surface area is 139 Å². The summed E-state index contributed by atoms with van der Waals surface area (Å²) in [6, 6.07) is 17.1. The molecule has 0 heterocycles. The van der Waals surface area contributed by atoms with Crippen LogP contribution in [0.1, 0.15) is 54.0 Å². The number of hydrogen-bond acceptors (Lipinski definition) is 2. The number of carbonyl (C=O) groups is 2. The summed E-state index contributed by atoms with van der Waals surface area (Å²) in [5, 5.41) is 0. The maximum Gasteiger partial charge on any atom is 0.165 e. The second kappa shape index (κ2) is 9.04. The topological polar surface area (TPSA) is 34.1 Å². The molecule has 122 valence electrons. The van der Waals surface area contributed by atoms with E-state index >= 15 is 0 Å². The fourth-order valence-corrected chi connectivity index (χ4v) is 2.10. The molecule has 0 aromatic heterocycles. The Balaban J connectivity index is 0.000000231. The van der Waals surface area contributed by atoms with Crippen molar-refractivity contribution in [3.8, 4) is 0 Å². The normalized spacial score (nSPS) is 10.2. The van der Waals surface area contributed by atoms with E-state index < -0.39 is 0 Å². The van der Waals surface area contributed by atoms with Gasteiger partial charge in [-0.15, -0.1) is 0 Å². The molecule has 0 unspecified atom stereocenters. The van der Waals surface area contributed by atoms with Crippen molar-refractivity contribution in [1.29, 1.82) is 0 Å². The molecule has 0 N–H and O–H groups in total. The van der Waals surface area contributed by atoms with Gasteiger partial charge in [-0.2, -0.15) is 0 Å². The number of hydrogen-bond donors (Lipinski definition) is 0. The van der Waals surface area contributed by atoms with E-state index in [0.29, 0.717) is 0 Å². The van der Waals surface area contributed by atoms with E-state index in [2.05, 4.69) is 0 Å². The largest absolute Gasteiger partial charge is 0.294 e. The molecule has 0 aliphatic rings. The summed E-state index contributed by atoms with van der Waals surface area (Å²) in [7, 11) is 0. The average Bonchev–Trinajstić information content (AvgIpc) is 2.55. The summed E-state index contributed by atoms with van der Waals surface area (Å²) in [5.74, 6) is 0.627. The van der Waals surface area contributed by atoms with Gasteiger partial charge in [0.05, 0.1) is 0 Å². The van der Waals surface area contributed by atoms with Crippen LogP contribution < -0.4 is 0 Å². The third-order valence-electron chi connectivity index (χ3n) is 3.52. The van der Waals surface area contributed by atoms with Crippen molar-refractivity contribution in [2.45, 2.75) is 34.6 Å². The lowest BCUT2D eigenvalue weighted by Gasteiger charge is -2.06. The Morgan fingerprint density at radius 1 is 0.696 bits per heavy atom. The van der Waals surface area contributed by atoms with E-state index in [9.17, 15) is 9.59 Å². The van der Waals surface area contributed by atoms with Crippen LogP contribution in [0.4, 0.5) is 0 Å². The first-order valence-electron chi connectivity index (χ1n) is 8.03. The van der Waals surface area contributed by atoms with Gasteiger partial charge in [-0.3, -0.25) is 9.59 Å². The summed E-state index contributed by atoms with van der Waals surface area (Å²) >= 11 is 0. The van der Waals surface area contributed by atoms with Crippen LogP contribution in [0, 0.1) is 18.8 Å². The fraction of sp³-hybridized carbons (Fsp3) is 0.333. The average molecular weight is 310 g/mol. The molecule has 0 radical (unpaired) electrons. The van der Waals surface area contributed by atoms with Crippen LogP contribution in [0.3, 0.4) is 0 Å². The zero-order valence-electron chi connectivity index (χ0n) is 14.7. The molecule has 2 nitrogen and oxygen atoms in total. The molecule has 2 aromatic rings. The van der Waals surface area contributed by atoms with Crippen molar-refractivity contribution in [2.24, 2.45) is 11.8 Å². The lowest BCUT2D eigenvalue weighted by molar-refractivity contribution is 0.0932. The molecule has 0 fully saturated rings. The summed E-state index contributed by atoms with van der Waals surface area (Å²) in [6.07, 6.45) is 0. The number of rotatable bonds is 4. The molecule has 0 aliphatic heterocycles. The molecule has 2 aromatic carbocycles. The SMILES string of the molecule is CC(C)C(=O)c1ccccc1.Cc1ccccc1C(=O)C(C)C. The molecular weight excluding hydrogens is 284 g/mol. The molecule has 2 heteroatoms. The van der Waals surface area contributed by atoms with Crippen molar-refractivity contribution in [1.82, 2.24) is 0 Å². The van der Waals surface area contributed by atoms with Gasteiger partial charge in [0.1, 0.15) is 0 Å². The molecule has 0 amide bonds. The first-order chi connectivity index (χ1) is 10.8. The Kier molecular flexibility index (Phi) is 7.40. The summed E-state index contributed by atoms with van der Waals surface area (Å²) in [5.41, 5.74) is 2.73. The minimum Gasteiger partial charge on any atom is -0.294 e. The Morgan fingerprint density at radius 3 is 1.65 bits per heavy atom.